The quantitative estimate of drug-likeness (QED) is 0.668. The van der Waals surface area contributed by atoms with Gasteiger partial charge in [0.15, 0.2) is 5.82 Å². The predicted molar refractivity (Wildman–Crippen MR) is 129 cm³/mol. The molecule has 10 nitrogen and oxygen atoms in total. The number of benzene rings is 1. The van der Waals surface area contributed by atoms with Crippen LogP contribution in [0.5, 0.6) is 0 Å². The maximum Gasteiger partial charge on any atom is 0.319 e. The lowest BCUT2D eigenvalue weighted by Gasteiger charge is -2.37. The molecule has 1 saturated heterocycles. The number of methoxy groups -OCH3 is 1. The molecule has 3 heterocycles. The van der Waals surface area contributed by atoms with E-state index in [-0.39, 0.29) is 24.6 Å². The molecule has 2 aliphatic rings. The van der Waals surface area contributed by atoms with Gasteiger partial charge in [0.2, 0.25) is 5.91 Å². The summed E-state index contributed by atoms with van der Waals surface area (Å²) in [7, 11) is 1.53. The zero-order valence-corrected chi connectivity index (χ0v) is 20.0. The topological polar surface area (TPSA) is 109 Å². The average Bonchev–Trinajstić information content (AvgIpc) is 2.84. The molecule has 2 N–H and O–H groups in total. The second-order valence-electron chi connectivity index (χ2n) is 8.47. The molecule has 0 radical (unpaired) electrons. The maximum absolute atomic E-state index is 12.5. The van der Waals surface area contributed by atoms with Crippen molar-refractivity contribution in [2.24, 2.45) is 0 Å². The Morgan fingerprint density at radius 3 is 2.71 bits per heavy atom. The summed E-state index contributed by atoms with van der Waals surface area (Å²) >= 11 is 0. The van der Waals surface area contributed by atoms with Crippen LogP contribution in [0.2, 0.25) is 0 Å². The van der Waals surface area contributed by atoms with Crippen molar-refractivity contribution in [2.75, 3.05) is 56.8 Å². The van der Waals surface area contributed by atoms with Gasteiger partial charge < -0.3 is 29.9 Å². The van der Waals surface area contributed by atoms with Gasteiger partial charge in [0.1, 0.15) is 12.4 Å². The van der Waals surface area contributed by atoms with Gasteiger partial charge in [0.25, 0.3) is 0 Å². The molecular weight excluding hydrogens is 436 g/mol. The Labute approximate surface area is 199 Å². The molecule has 4 rings (SSSR count). The molecule has 1 aromatic carbocycles. The van der Waals surface area contributed by atoms with Crippen LogP contribution < -0.4 is 15.5 Å². The van der Waals surface area contributed by atoms with Gasteiger partial charge in [-0.2, -0.15) is 0 Å². The second kappa shape index (κ2) is 10.8. The second-order valence-corrected chi connectivity index (χ2v) is 8.47. The lowest BCUT2D eigenvalue weighted by Crippen LogP contribution is -2.46. The number of carbonyl (C=O) groups excluding carboxylic acids is 2. The van der Waals surface area contributed by atoms with E-state index >= 15 is 0 Å². The third-order valence-electron chi connectivity index (χ3n) is 6.04. The Balaban J connectivity index is 1.67. The van der Waals surface area contributed by atoms with E-state index in [0.29, 0.717) is 50.8 Å². The molecule has 0 aliphatic carbocycles. The molecule has 10 heteroatoms. The summed E-state index contributed by atoms with van der Waals surface area (Å²) in [6.45, 7) is 7.70. The van der Waals surface area contributed by atoms with E-state index in [1.54, 1.807) is 4.90 Å². The average molecular weight is 469 g/mol. The van der Waals surface area contributed by atoms with E-state index in [1.165, 1.54) is 7.11 Å². The van der Waals surface area contributed by atoms with Crippen molar-refractivity contribution in [1.29, 1.82) is 0 Å². The summed E-state index contributed by atoms with van der Waals surface area (Å²) in [5.74, 6) is 1.47. The summed E-state index contributed by atoms with van der Waals surface area (Å²) < 4.78 is 10.7. The predicted octanol–water partition coefficient (Wildman–Crippen LogP) is 2.04. The van der Waals surface area contributed by atoms with Crippen LogP contribution in [0.25, 0.3) is 11.4 Å². The van der Waals surface area contributed by atoms with Gasteiger partial charge in [-0.1, -0.05) is 0 Å². The zero-order chi connectivity index (χ0) is 24.1. The van der Waals surface area contributed by atoms with Crippen molar-refractivity contribution in [3.63, 3.8) is 0 Å². The van der Waals surface area contributed by atoms with Gasteiger partial charge in [-0.05, 0) is 44.5 Å². The highest BCUT2D eigenvalue weighted by atomic mass is 16.5. The third-order valence-corrected chi connectivity index (χ3v) is 6.04. The fraction of sp³-hybridized carbons (Fsp3) is 0.500. The number of amides is 3. The van der Waals surface area contributed by atoms with Crippen LogP contribution in [0.1, 0.15) is 25.1 Å². The largest absolute Gasteiger partial charge is 0.377 e. The van der Waals surface area contributed by atoms with E-state index in [0.717, 1.165) is 29.2 Å². The van der Waals surface area contributed by atoms with Gasteiger partial charge in [-0.25, -0.2) is 14.8 Å². The third kappa shape index (κ3) is 5.28. The van der Waals surface area contributed by atoms with Crippen molar-refractivity contribution in [1.82, 2.24) is 20.2 Å². The zero-order valence-electron chi connectivity index (χ0n) is 20.0. The fourth-order valence-corrected chi connectivity index (χ4v) is 4.29. The van der Waals surface area contributed by atoms with Crippen LogP contribution in [0, 0.1) is 0 Å². The Hall–Kier alpha value is -3.24. The Kier molecular flexibility index (Phi) is 7.59. The monoisotopic (exact) mass is 468 g/mol. The van der Waals surface area contributed by atoms with E-state index in [2.05, 4.69) is 22.5 Å². The van der Waals surface area contributed by atoms with E-state index in [9.17, 15) is 9.59 Å². The SMILES string of the molecule is CCNC(=O)Nc1ccc(-c2nc3c(c(N4CCOCC4C)n2)CCN(C(=O)COC)C3)cc1. The molecule has 1 unspecified atom stereocenters. The number of morpholine rings is 1. The van der Waals surface area contributed by atoms with Gasteiger partial charge in [0.05, 0.1) is 31.5 Å². The number of nitrogens with one attached hydrogen (secondary N) is 2. The Morgan fingerprint density at radius 1 is 1.21 bits per heavy atom. The number of nitrogens with zero attached hydrogens (tertiary/aromatic N) is 4. The minimum absolute atomic E-state index is 0.0459. The first-order valence-electron chi connectivity index (χ1n) is 11.7. The fourth-order valence-electron chi connectivity index (χ4n) is 4.29. The first-order valence-corrected chi connectivity index (χ1v) is 11.7. The molecule has 1 aromatic heterocycles. The smallest absolute Gasteiger partial charge is 0.319 e. The molecule has 2 aromatic rings. The van der Waals surface area contributed by atoms with E-state index in [4.69, 9.17) is 19.4 Å². The number of fused-ring (bicyclic) bond motifs is 1. The number of aromatic nitrogens is 2. The molecule has 0 saturated carbocycles. The number of rotatable bonds is 6. The number of ether oxygens (including phenoxy) is 2. The lowest BCUT2D eigenvalue weighted by molar-refractivity contribution is -0.136. The van der Waals surface area contributed by atoms with Gasteiger partial charge in [-0.15, -0.1) is 0 Å². The van der Waals surface area contributed by atoms with Crippen molar-refractivity contribution in [3.8, 4) is 11.4 Å². The molecule has 1 atom stereocenters. The van der Waals surface area contributed by atoms with Crippen LogP contribution in [0.4, 0.5) is 16.3 Å². The van der Waals surface area contributed by atoms with Crippen LogP contribution in [0.3, 0.4) is 0 Å². The number of anilines is 2. The number of hydrogen-bond acceptors (Lipinski definition) is 7. The summed E-state index contributed by atoms with van der Waals surface area (Å²) in [4.78, 5) is 38.2. The number of carbonyl (C=O) groups is 2. The van der Waals surface area contributed by atoms with Crippen molar-refractivity contribution >= 4 is 23.4 Å². The summed E-state index contributed by atoms with van der Waals surface area (Å²) in [5, 5.41) is 5.51. The van der Waals surface area contributed by atoms with E-state index < -0.39 is 0 Å². The Bertz CT molecular complexity index is 1030. The molecule has 3 amide bonds. The van der Waals surface area contributed by atoms with Crippen LogP contribution >= 0.6 is 0 Å². The highest BCUT2D eigenvalue weighted by Crippen LogP contribution is 2.31. The van der Waals surface area contributed by atoms with Crippen molar-refractivity contribution in [2.45, 2.75) is 32.9 Å². The van der Waals surface area contributed by atoms with Crippen LogP contribution in [-0.2, 0) is 27.2 Å². The van der Waals surface area contributed by atoms with Gasteiger partial charge in [0, 0.05) is 43.6 Å². The number of urea groups is 1. The minimum atomic E-state index is -0.246. The summed E-state index contributed by atoms with van der Waals surface area (Å²) in [6.07, 6.45) is 0.694. The first-order chi connectivity index (χ1) is 16.5. The van der Waals surface area contributed by atoms with Crippen LogP contribution in [0.15, 0.2) is 24.3 Å². The highest BCUT2D eigenvalue weighted by molar-refractivity contribution is 5.89. The van der Waals surface area contributed by atoms with Crippen molar-refractivity contribution in [3.05, 3.63) is 35.5 Å². The van der Waals surface area contributed by atoms with E-state index in [1.807, 2.05) is 31.2 Å². The number of hydrogen-bond donors (Lipinski definition) is 2. The standard InChI is InChI=1S/C24H32N6O4/c1-4-25-24(32)26-18-7-5-17(6-8-18)22-27-20-13-29(21(31)15-33-3)10-9-19(20)23(28-22)30-11-12-34-14-16(30)2/h5-8,16H,4,9-15H2,1-3H3,(H2,25,26,32). The highest BCUT2D eigenvalue weighted by Gasteiger charge is 2.30. The van der Waals surface area contributed by atoms with Gasteiger partial charge in [-0.3, -0.25) is 4.79 Å². The Morgan fingerprint density at radius 2 is 2.00 bits per heavy atom. The van der Waals surface area contributed by atoms with Crippen molar-refractivity contribution < 1.29 is 19.1 Å². The summed E-state index contributed by atoms with van der Waals surface area (Å²) in [6, 6.07) is 7.40. The molecule has 0 bridgehead atoms. The summed E-state index contributed by atoms with van der Waals surface area (Å²) in [5.41, 5.74) is 3.48. The minimum Gasteiger partial charge on any atom is -0.377 e. The normalized spacial score (nSPS) is 17.8. The van der Waals surface area contributed by atoms with Crippen LogP contribution in [-0.4, -0.2) is 79.4 Å². The molecule has 182 valence electrons. The first kappa shape index (κ1) is 23.9. The molecule has 1 fully saturated rings. The molecular formula is C24H32N6O4. The molecule has 0 spiro atoms. The lowest BCUT2D eigenvalue weighted by atomic mass is 10.0. The maximum atomic E-state index is 12.5. The molecule has 34 heavy (non-hydrogen) atoms. The molecule has 2 aliphatic heterocycles. The van der Waals surface area contributed by atoms with Gasteiger partial charge >= 0.3 is 6.03 Å².